The Morgan fingerprint density at radius 2 is 1.67 bits per heavy atom. The molecule has 1 aromatic rings. The van der Waals surface area contributed by atoms with Gasteiger partial charge in [0.2, 0.25) is 17.7 Å². The third kappa shape index (κ3) is 10.9. The number of nitrogens with zero attached hydrogens (tertiary/aromatic N) is 5. The molecule has 12 nitrogen and oxygen atoms in total. The predicted molar refractivity (Wildman–Crippen MR) is 174 cm³/mol. The van der Waals surface area contributed by atoms with Gasteiger partial charge >= 0.3 is 6.09 Å². The van der Waals surface area contributed by atoms with Crippen molar-refractivity contribution in [2.24, 2.45) is 0 Å². The number of benzene rings is 1. The summed E-state index contributed by atoms with van der Waals surface area (Å²) in [6.07, 6.45) is 4.02. The predicted octanol–water partition coefficient (Wildman–Crippen LogP) is 3.64. The second-order valence-electron chi connectivity index (χ2n) is 13.3. The Bertz CT molecular complexity index is 1220. The van der Waals surface area contributed by atoms with E-state index < -0.39 is 11.6 Å². The average Bonchev–Trinajstić information content (AvgIpc) is 3.42. The molecule has 0 spiro atoms. The largest absolute Gasteiger partial charge is 0.493 e. The summed E-state index contributed by atoms with van der Waals surface area (Å²) in [5.74, 6) is -0.0664. The van der Waals surface area contributed by atoms with Gasteiger partial charge in [0.15, 0.2) is 0 Å². The van der Waals surface area contributed by atoms with Gasteiger partial charge in [-0.2, -0.15) is 0 Å². The molecule has 1 aromatic carbocycles. The molecule has 0 aromatic heterocycles. The van der Waals surface area contributed by atoms with Crippen molar-refractivity contribution in [1.82, 2.24) is 24.5 Å². The zero-order chi connectivity index (χ0) is 33.9. The Morgan fingerprint density at radius 3 is 2.37 bits per heavy atom. The molecule has 46 heavy (non-hydrogen) atoms. The molecule has 0 aliphatic carbocycles. The molecular weight excluding hydrogens is 590 g/mol. The van der Waals surface area contributed by atoms with E-state index in [0.717, 1.165) is 6.42 Å². The molecule has 1 atom stereocenters. The second-order valence-corrected chi connectivity index (χ2v) is 13.3. The number of rotatable bonds is 7. The molecule has 0 radical (unpaired) electrons. The number of ether oxygens (including phenoxy) is 2. The van der Waals surface area contributed by atoms with Crippen LogP contribution in [0.3, 0.4) is 0 Å². The maximum Gasteiger partial charge on any atom is 0.410 e. The van der Waals surface area contributed by atoms with E-state index in [2.05, 4.69) is 0 Å². The first kappa shape index (κ1) is 36.6. The van der Waals surface area contributed by atoms with Gasteiger partial charge in [0.05, 0.1) is 12.2 Å². The third-order valence-electron chi connectivity index (χ3n) is 8.38. The fourth-order valence-electron chi connectivity index (χ4n) is 5.67. The molecule has 0 unspecified atom stereocenters. The van der Waals surface area contributed by atoms with Crippen LogP contribution in [0.5, 0.6) is 5.75 Å². The molecule has 1 saturated heterocycles. The number of carbonyl (C=O) groups is 5. The second kappa shape index (κ2) is 17.2. The van der Waals surface area contributed by atoms with E-state index in [4.69, 9.17) is 9.47 Å². The summed E-state index contributed by atoms with van der Waals surface area (Å²) >= 11 is 0. The summed E-state index contributed by atoms with van der Waals surface area (Å²) < 4.78 is 11.7. The Labute approximate surface area is 273 Å². The third-order valence-corrected chi connectivity index (χ3v) is 8.38. The van der Waals surface area contributed by atoms with E-state index in [1.807, 2.05) is 20.8 Å². The fourth-order valence-corrected chi connectivity index (χ4v) is 5.67. The summed E-state index contributed by atoms with van der Waals surface area (Å²) in [5, 5.41) is 0. The Hall–Kier alpha value is -3.83. The van der Waals surface area contributed by atoms with Crippen LogP contribution in [0.2, 0.25) is 0 Å². The summed E-state index contributed by atoms with van der Waals surface area (Å²) in [6.45, 7) is 8.73. The van der Waals surface area contributed by atoms with Gasteiger partial charge in [0.1, 0.15) is 17.4 Å². The number of hydrogen-bond donors (Lipinski definition) is 0. The molecule has 0 bridgehead atoms. The molecule has 1 fully saturated rings. The van der Waals surface area contributed by atoms with Gasteiger partial charge in [0, 0.05) is 73.3 Å². The normalized spacial score (nSPS) is 19.2. The lowest BCUT2D eigenvalue weighted by molar-refractivity contribution is -0.134. The van der Waals surface area contributed by atoms with Crippen LogP contribution in [0.15, 0.2) is 24.3 Å². The van der Waals surface area contributed by atoms with Gasteiger partial charge in [0.25, 0.3) is 5.91 Å². The van der Waals surface area contributed by atoms with Crippen molar-refractivity contribution < 1.29 is 33.4 Å². The average molecular weight is 644 g/mol. The van der Waals surface area contributed by atoms with E-state index in [0.29, 0.717) is 95.7 Å². The molecule has 0 saturated carbocycles. The first-order valence-electron chi connectivity index (χ1n) is 16.5. The van der Waals surface area contributed by atoms with Crippen molar-refractivity contribution >= 4 is 29.7 Å². The molecule has 5 amide bonds. The minimum absolute atomic E-state index is 0.0583. The highest BCUT2D eigenvalue weighted by atomic mass is 16.6. The van der Waals surface area contributed by atoms with Crippen LogP contribution in [-0.2, 0) is 19.1 Å². The molecule has 3 rings (SSSR count). The summed E-state index contributed by atoms with van der Waals surface area (Å²) in [4.78, 5) is 73.4. The monoisotopic (exact) mass is 643 g/mol. The molecule has 2 aliphatic heterocycles. The van der Waals surface area contributed by atoms with Gasteiger partial charge < -0.3 is 34.0 Å². The van der Waals surface area contributed by atoms with E-state index in [1.165, 1.54) is 4.90 Å². The van der Waals surface area contributed by atoms with Crippen molar-refractivity contribution in [3.63, 3.8) is 0 Å². The maximum absolute atomic E-state index is 13.8. The highest BCUT2D eigenvalue weighted by Gasteiger charge is 2.31. The van der Waals surface area contributed by atoms with Crippen LogP contribution in [0, 0.1) is 0 Å². The van der Waals surface area contributed by atoms with Crippen molar-refractivity contribution in [2.45, 2.75) is 83.8 Å². The van der Waals surface area contributed by atoms with Crippen LogP contribution in [0.4, 0.5) is 4.79 Å². The molecular formula is C34H53N5O7. The highest BCUT2D eigenvalue weighted by molar-refractivity contribution is 5.99. The van der Waals surface area contributed by atoms with Crippen molar-refractivity contribution in [3.8, 4) is 5.75 Å². The molecule has 0 N–H and O–H groups in total. The van der Waals surface area contributed by atoms with E-state index >= 15 is 0 Å². The summed E-state index contributed by atoms with van der Waals surface area (Å²) in [5.41, 5.74) is -0.267. The molecule has 2 heterocycles. The fraction of sp³-hybridized carbons (Fsp3) is 0.676. The van der Waals surface area contributed by atoms with Crippen LogP contribution in [0.25, 0.3) is 0 Å². The SMILES string of the molecule is CN(CCC[C@H]1C(=O)N(C)CCCCN(C(=O)OC(C)(C)C)CCCOc2ccccc2C(=O)N1C)C(=O)CCN1CCCC1=O. The van der Waals surface area contributed by atoms with Crippen LogP contribution in [-0.4, -0.2) is 133 Å². The first-order valence-corrected chi connectivity index (χ1v) is 16.5. The zero-order valence-electron chi connectivity index (χ0n) is 28.6. The van der Waals surface area contributed by atoms with Gasteiger partial charge in [-0.25, -0.2) is 4.79 Å². The van der Waals surface area contributed by atoms with Crippen LogP contribution in [0.1, 0.15) is 82.5 Å². The van der Waals surface area contributed by atoms with Crippen molar-refractivity contribution in [3.05, 3.63) is 29.8 Å². The lowest BCUT2D eigenvalue weighted by Crippen LogP contribution is -2.49. The Kier molecular flexibility index (Phi) is 13.7. The lowest BCUT2D eigenvalue weighted by atomic mass is 10.1. The minimum Gasteiger partial charge on any atom is -0.493 e. The quantitative estimate of drug-likeness (QED) is 0.445. The highest BCUT2D eigenvalue weighted by Crippen LogP contribution is 2.23. The van der Waals surface area contributed by atoms with Gasteiger partial charge in [-0.1, -0.05) is 12.1 Å². The lowest BCUT2D eigenvalue weighted by Gasteiger charge is -2.32. The van der Waals surface area contributed by atoms with Crippen molar-refractivity contribution in [1.29, 1.82) is 0 Å². The smallest absolute Gasteiger partial charge is 0.410 e. The number of carbonyl (C=O) groups excluding carboxylic acids is 5. The first-order chi connectivity index (χ1) is 21.8. The number of likely N-dealkylation sites (tertiary alicyclic amines) is 1. The molecule has 256 valence electrons. The van der Waals surface area contributed by atoms with E-state index in [-0.39, 0.29) is 36.1 Å². The van der Waals surface area contributed by atoms with Gasteiger partial charge in [-0.15, -0.1) is 0 Å². The number of fused-ring (bicyclic) bond motifs is 1. The zero-order valence-corrected chi connectivity index (χ0v) is 28.6. The molecule has 12 heteroatoms. The van der Waals surface area contributed by atoms with Crippen molar-refractivity contribution in [2.75, 3.05) is 67.0 Å². The number of hydrogen-bond acceptors (Lipinski definition) is 7. The number of para-hydroxylation sites is 1. The van der Waals surface area contributed by atoms with E-state index in [9.17, 15) is 24.0 Å². The number of amides is 5. The Morgan fingerprint density at radius 1 is 0.978 bits per heavy atom. The van der Waals surface area contributed by atoms with Crippen LogP contribution >= 0.6 is 0 Å². The summed E-state index contributed by atoms with van der Waals surface area (Å²) in [7, 11) is 5.10. The number of likely N-dealkylation sites (N-methyl/N-ethyl adjacent to an activating group) is 2. The topological polar surface area (TPSA) is 120 Å². The summed E-state index contributed by atoms with van der Waals surface area (Å²) in [6, 6.07) is 6.22. The van der Waals surface area contributed by atoms with E-state index in [1.54, 1.807) is 65.0 Å². The Balaban J connectivity index is 1.71. The van der Waals surface area contributed by atoms with Gasteiger partial charge in [-0.3, -0.25) is 19.2 Å². The standard InChI is InChI=1S/C34H53N5O7/c1-34(2,3)46-33(44)39-21-10-9-19-36(5)32(43)27(15-11-20-35(4)29(40)18-24-38-22-12-17-30(38)41)37(6)31(42)26-14-7-8-16-28(26)45-25-13-23-39/h7-8,14,16,27H,9-13,15,17-25H2,1-6H3/t27-/m0/s1. The molecule has 2 aliphatic rings. The maximum atomic E-state index is 13.8. The minimum atomic E-state index is -0.748. The van der Waals surface area contributed by atoms with Crippen LogP contribution < -0.4 is 4.74 Å². The van der Waals surface area contributed by atoms with Gasteiger partial charge in [-0.05, 0) is 71.4 Å².